The van der Waals surface area contributed by atoms with Gasteiger partial charge in [-0.2, -0.15) is 0 Å². The zero-order valence-corrected chi connectivity index (χ0v) is 19.7. The van der Waals surface area contributed by atoms with Crippen LogP contribution >= 0.6 is 0 Å². The van der Waals surface area contributed by atoms with Crippen molar-refractivity contribution in [2.75, 3.05) is 26.7 Å². The number of carbonyl (C=O) groups excluding carboxylic acids is 1. The predicted octanol–water partition coefficient (Wildman–Crippen LogP) is 4.93. The Labute approximate surface area is 201 Å². The number of nitrogens with zero attached hydrogens (tertiary/aromatic N) is 3. The molecule has 1 aliphatic rings. The van der Waals surface area contributed by atoms with Crippen LogP contribution in [0.3, 0.4) is 0 Å². The molecule has 1 fully saturated rings. The van der Waals surface area contributed by atoms with Crippen LogP contribution in [0.25, 0.3) is 0 Å². The lowest BCUT2D eigenvalue weighted by molar-refractivity contribution is -0.134. The third kappa shape index (κ3) is 6.64. The van der Waals surface area contributed by atoms with Crippen LogP contribution in [-0.2, 0) is 17.9 Å². The molecule has 178 valence electrons. The van der Waals surface area contributed by atoms with Gasteiger partial charge in [-0.3, -0.25) is 14.7 Å². The number of hydrogen-bond donors (Lipinski definition) is 0. The Bertz CT molecular complexity index is 1040. The van der Waals surface area contributed by atoms with Crippen molar-refractivity contribution in [3.63, 3.8) is 0 Å². The van der Waals surface area contributed by atoms with Crippen LogP contribution in [0, 0.1) is 11.2 Å². The van der Waals surface area contributed by atoms with Crippen molar-refractivity contribution in [1.82, 2.24) is 14.8 Å². The van der Waals surface area contributed by atoms with Gasteiger partial charge in [0.05, 0.1) is 18.5 Å². The topological polar surface area (TPSA) is 45.7 Å². The first kappa shape index (κ1) is 23.9. The summed E-state index contributed by atoms with van der Waals surface area (Å²) < 4.78 is 19.4. The number of para-hydroxylation sites is 1. The van der Waals surface area contributed by atoms with Gasteiger partial charge in [-0.05, 0) is 55.8 Å². The fraction of sp³-hybridized carbons (Fsp3) is 0.357. The van der Waals surface area contributed by atoms with E-state index >= 15 is 0 Å². The van der Waals surface area contributed by atoms with Gasteiger partial charge in [0, 0.05) is 32.0 Å². The normalized spacial score (nSPS) is 15.6. The highest BCUT2D eigenvalue weighted by molar-refractivity contribution is 5.76. The number of benzene rings is 2. The predicted molar refractivity (Wildman–Crippen MR) is 131 cm³/mol. The summed E-state index contributed by atoms with van der Waals surface area (Å²) >= 11 is 0. The molecule has 0 atom stereocenters. The van der Waals surface area contributed by atoms with Crippen LogP contribution in [0.5, 0.6) is 5.75 Å². The van der Waals surface area contributed by atoms with Gasteiger partial charge in [-0.1, -0.05) is 48.5 Å². The Kier molecular flexibility index (Phi) is 7.91. The maximum atomic E-state index is 13.2. The lowest BCUT2D eigenvalue weighted by Gasteiger charge is -2.41. The van der Waals surface area contributed by atoms with Crippen LogP contribution in [0.4, 0.5) is 4.39 Å². The van der Waals surface area contributed by atoms with Gasteiger partial charge in [-0.15, -0.1) is 0 Å². The minimum Gasteiger partial charge on any atom is -0.493 e. The molecule has 34 heavy (non-hydrogen) atoms. The van der Waals surface area contributed by atoms with E-state index in [1.54, 1.807) is 6.07 Å². The molecule has 2 heterocycles. The lowest BCUT2D eigenvalue weighted by atomic mass is 9.75. The van der Waals surface area contributed by atoms with Crippen LogP contribution in [0.1, 0.15) is 30.5 Å². The standard InChI is InChI=1S/C28H32FN3O2/c1-31(20-23-8-4-2-5-9-23)27(33)18-28(22-34-26-10-6-3-7-11-26)14-16-32(17-15-28)21-25-13-12-24(29)19-30-25/h2-13,19H,14-18,20-22H2,1H3. The first-order valence-corrected chi connectivity index (χ1v) is 11.8. The largest absolute Gasteiger partial charge is 0.493 e. The molecule has 5 nitrogen and oxygen atoms in total. The van der Waals surface area contributed by atoms with Crippen LogP contribution < -0.4 is 4.74 Å². The van der Waals surface area contributed by atoms with E-state index in [0.717, 1.165) is 42.9 Å². The van der Waals surface area contributed by atoms with Crippen molar-refractivity contribution in [3.8, 4) is 5.75 Å². The first-order valence-electron chi connectivity index (χ1n) is 11.8. The average Bonchev–Trinajstić information content (AvgIpc) is 2.87. The number of piperidine rings is 1. The van der Waals surface area contributed by atoms with E-state index in [1.165, 1.54) is 12.3 Å². The lowest BCUT2D eigenvalue weighted by Crippen LogP contribution is -2.45. The van der Waals surface area contributed by atoms with Crippen molar-refractivity contribution in [1.29, 1.82) is 0 Å². The van der Waals surface area contributed by atoms with Crippen molar-refractivity contribution in [3.05, 3.63) is 96.1 Å². The number of ether oxygens (including phenoxy) is 1. The second kappa shape index (κ2) is 11.3. The van der Waals surface area contributed by atoms with Gasteiger partial charge in [0.25, 0.3) is 0 Å². The molecule has 0 saturated carbocycles. The first-order chi connectivity index (χ1) is 16.5. The zero-order chi connectivity index (χ0) is 23.8. The van der Waals surface area contributed by atoms with E-state index in [1.807, 2.05) is 72.6 Å². The van der Waals surface area contributed by atoms with E-state index in [0.29, 0.717) is 26.1 Å². The monoisotopic (exact) mass is 461 g/mol. The Hall–Kier alpha value is -3.25. The van der Waals surface area contributed by atoms with Crippen molar-refractivity contribution in [2.24, 2.45) is 5.41 Å². The zero-order valence-electron chi connectivity index (χ0n) is 19.7. The molecule has 1 saturated heterocycles. The molecule has 0 bridgehead atoms. The van der Waals surface area contributed by atoms with E-state index < -0.39 is 0 Å². The van der Waals surface area contributed by atoms with E-state index in [9.17, 15) is 9.18 Å². The minimum absolute atomic E-state index is 0.133. The highest BCUT2D eigenvalue weighted by Gasteiger charge is 2.38. The number of pyridine rings is 1. The minimum atomic E-state index is -0.322. The maximum absolute atomic E-state index is 13.2. The second-order valence-corrected chi connectivity index (χ2v) is 9.26. The van der Waals surface area contributed by atoms with Gasteiger partial charge >= 0.3 is 0 Å². The van der Waals surface area contributed by atoms with Gasteiger partial charge in [0.2, 0.25) is 5.91 Å². The number of amides is 1. The summed E-state index contributed by atoms with van der Waals surface area (Å²) in [6.07, 6.45) is 3.42. The van der Waals surface area contributed by atoms with Gasteiger partial charge in [0.1, 0.15) is 11.6 Å². The summed E-state index contributed by atoms with van der Waals surface area (Å²) in [5.74, 6) is 0.636. The van der Waals surface area contributed by atoms with Crippen molar-refractivity contribution >= 4 is 5.91 Å². The van der Waals surface area contributed by atoms with E-state index in [-0.39, 0.29) is 17.1 Å². The van der Waals surface area contributed by atoms with Gasteiger partial charge in [-0.25, -0.2) is 4.39 Å². The fourth-order valence-corrected chi connectivity index (χ4v) is 4.44. The number of hydrogen-bond acceptors (Lipinski definition) is 4. The van der Waals surface area contributed by atoms with Gasteiger partial charge in [0.15, 0.2) is 0 Å². The Morgan fingerprint density at radius 2 is 1.71 bits per heavy atom. The highest BCUT2D eigenvalue weighted by atomic mass is 19.1. The van der Waals surface area contributed by atoms with Crippen molar-refractivity contribution < 1.29 is 13.9 Å². The molecule has 0 spiro atoms. The molecular weight excluding hydrogens is 429 g/mol. The molecule has 6 heteroatoms. The summed E-state index contributed by atoms with van der Waals surface area (Å²) in [4.78, 5) is 21.6. The molecule has 1 aliphatic heterocycles. The molecule has 0 aliphatic carbocycles. The third-order valence-corrected chi connectivity index (χ3v) is 6.59. The Morgan fingerprint density at radius 1 is 1.03 bits per heavy atom. The molecule has 0 radical (unpaired) electrons. The molecule has 4 rings (SSSR count). The SMILES string of the molecule is CN(Cc1ccccc1)C(=O)CC1(COc2ccccc2)CCN(Cc2ccc(F)cn2)CC1. The Morgan fingerprint density at radius 3 is 2.35 bits per heavy atom. The molecule has 0 N–H and O–H groups in total. The number of carbonyl (C=O) groups is 1. The third-order valence-electron chi connectivity index (χ3n) is 6.59. The average molecular weight is 462 g/mol. The summed E-state index contributed by atoms with van der Waals surface area (Å²) in [6, 6.07) is 23.0. The van der Waals surface area contributed by atoms with Crippen molar-refractivity contribution in [2.45, 2.75) is 32.4 Å². The summed E-state index contributed by atoms with van der Waals surface area (Å²) in [7, 11) is 1.87. The number of likely N-dealkylation sites (tertiary alicyclic amines) is 1. The van der Waals surface area contributed by atoms with Gasteiger partial charge < -0.3 is 9.64 Å². The second-order valence-electron chi connectivity index (χ2n) is 9.26. The maximum Gasteiger partial charge on any atom is 0.223 e. The molecular formula is C28H32FN3O2. The molecule has 1 amide bonds. The molecule has 3 aromatic rings. The molecule has 1 aromatic heterocycles. The highest BCUT2D eigenvalue weighted by Crippen LogP contribution is 2.37. The van der Waals surface area contributed by atoms with E-state index in [2.05, 4.69) is 9.88 Å². The smallest absolute Gasteiger partial charge is 0.223 e. The summed E-state index contributed by atoms with van der Waals surface area (Å²) in [5.41, 5.74) is 1.74. The van der Waals surface area contributed by atoms with E-state index in [4.69, 9.17) is 4.74 Å². The quantitative estimate of drug-likeness (QED) is 0.453. The number of halogens is 1. The summed E-state index contributed by atoms with van der Waals surface area (Å²) in [6.45, 7) is 3.46. The fourth-order valence-electron chi connectivity index (χ4n) is 4.44. The summed E-state index contributed by atoms with van der Waals surface area (Å²) in [5, 5.41) is 0. The Balaban J connectivity index is 1.40. The number of aromatic nitrogens is 1. The van der Waals surface area contributed by atoms with Crippen LogP contribution in [-0.4, -0.2) is 47.4 Å². The molecule has 2 aromatic carbocycles. The molecule has 0 unspecified atom stereocenters. The van der Waals surface area contributed by atoms with Crippen LogP contribution in [0.15, 0.2) is 79.0 Å². The number of rotatable bonds is 9. The van der Waals surface area contributed by atoms with Crippen LogP contribution in [0.2, 0.25) is 0 Å².